The van der Waals surface area contributed by atoms with Crippen molar-refractivity contribution in [3.05, 3.63) is 29.6 Å². The van der Waals surface area contributed by atoms with Crippen molar-refractivity contribution in [1.82, 2.24) is 10.3 Å². The third-order valence-corrected chi connectivity index (χ3v) is 3.13. The van der Waals surface area contributed by atoms with Crippen molar-refractivity contribution < 1.29 is 9.90 Å². The number of amides is 1. The third-order valence-electron chi connectivity index (χ3n) is 3.13. The van der Waals surface area contributed by atoms with Gasteiger partial charge in [-0.1, -0.05) is 20.8 Å². The number of aromatic nitrogens is 1. The Morgan fingerprint density at radius 2 is 2.22 bits per heavy atom. The fraction of sp³-hybridized carbons (Fsp3) is 0.571. The van der Waals surface area contributed by atoms with Gasteiger partial charge in [-0.25, -0.2) is 0 Å². The molecule has 0 aromatic carbocycles. The molecular formula is C14H22N2O2. The number of pyridine rings is 1. The van der Waals surface area contributed by atoms with E-state index in [1.54, 1.807) is 18.3 Å². The molecule has 2 N–H and O–H groups in total. The van der Waals surface area contributed by atoms with Crippen LogP contribution in [0.2, 0.25) is 0 Å². The predicted molar refractivity (Wildman–Crippen MR) is 71.4 cm³/mol. The lowest BCUT2D eigenvalue weighted by Crippen LogP contribution is -2.33. The Morgan fingerprint density at radius 3 is 2.83 bits per heavy atom. The highest BCUT2D eigenvalue weighted by atomic mass is 16.3. The van der Waals surface area contributed by atoms with E-state index in [0.29, 0.717) is 18.5 Å². The molecule has 0 aliphatic rings. The highest BCUT2D eigenvalue weighted by Gasteiger charge is 2.16. The van der Waals surface area contributed by atoms with Gasteiger partial charge in [-0.15, -0.1) is 0 Å². The zero-order valence-corrected chi connectivity index (χ0v) is 11.4. The summed E-state index contributed by atoms with van der Waals surface area (Å²) in [4.78, 5) is 16.1. The molecule has 0 aliphatic heterocycles. The maximum atomic E-state index is 12.0. The molecule has 1 aromatic rings. The van der Waals surface area contributed by atoms with E-state index in [-0.39, 0.29) is 17.9 Å². The molecule has 0 radical (unpaired) electrons. The van der Waals surface area contributed by atoms with Crippen molar-refractivity contribution >= 4 is 5.91 Å². The summed E-state index contributed by atoms with van der Waals surface area (Å²) < 4.78 is 0. The Labute approximate surface area is 108 Å². The second-order valence-corrected chi connectivity index (χ2v) is 5.21. The first kappa shape index (κ1) is 14.6. The van der Waals surface area contributed by atoms with Crippen molar-refractivity contribution in [2.45, 2.75) is 33.6 Å². The Balaban J connectivity index is 2.64. The van der Waals surface area contributed by atoms with Crippen molar-refractivity contribution in [2.75, 3.05) is 13.2 Å². The van der Waals surface area contributed by atoms with E-state index in [1.807, 2.05) is 0 Å². The zero-order valence-electron chi connectivity index (χ0n) is 11.4. The number of carbonyl (C=O) groups excluding carboxylic acids is 1. The van der Waals surface area contributed by atoms with Gasteiger partial charge in [-0.2, -0.15) is 0 Å². The van der Waals surface area contributed by atoms with Crippen LogP contribution in [0.1, 0.15) is 43.2 Å². The van der Waals surface area contributed by atoms with Crippen LogP contribution >= 0.6 is 0 Å². The van der Waals surface area contributed by atoms with E-state index < -0.39 is 0 Å². The SMILES string of the molecule is CCC(C)(C)CNC(=O)c1ccnc(CCO)c1. The highest BCUT2D eigenvalue weighted by Crippen LogP contribution is 2.17. The molecule has 0 aliphatic carbocycles. The summed E-state index contributed by atoms with van der Waals surface area (Å²) in [7, 11) is 0. The molecule has 0 saturated heterocycles. The fourth-order valence-corrected chi connectivity index (χ4v) is 1.42. The van der Waals surface area contributed by atoms with Gasteiger partial charge in [0.25, 0.3) is 5.91 Å². The molecule has 0 fully saturated rings. The topological polar surface area (TPSA) is 62.2 Å². The first-order chi connectivity index (χ1) is 8.48. The molecule has 1 aromatic heterocycles. The van der Waals surface area contributed by atoms with Gasteiger partial charge in [0.15, 0.2) is 0 Å². The van der Waals surface area contributed by atoms with Gasteiger partial charge in [-0.3, -0.25) is 9.78 Å². The molecule has 0 atom stereocenters. The molecule has 1 amide bonds. The Hall–Kier alpha value is -1.42. The first-order valence-electron chi connectivity index (χ1n) is 6.32. The predicted octanol–water partition coefficient (Wildman–Crippen LogP) is 1.78. The van der Waals surface area contributed by atoms with Crippen molar-refractivity contribution in [2.24, 2.45) is 5.41 Å². The minimum Gasteiger partial charge on any atom is -0.396 e. The van der Waals surface area contributed by atoms with E-state index in [9.17, 15) is 4.79 Å². The Kier molecular flexibility index (Phi) is 5.28. The van der Waals surface area contributed by atoms with E-state index in [4.69, 9.17) is 5.11 Å². The van der Waals surface area contributed by atoms with Crippen LogP contribution in [0.4, 0.5) is 0 Å². The van der Waals surface area contributed by atoms with Gasteiger partial charge in [0, 0.05) is 37.0 Å². The van der Waals surface area contributed by atoms with Gasteiger partial charge in [0.1, 0.15) is 0 Å². The summed E-state index contributed by atoms with van der Waals surface area (Å²) in [5.41, 5.74) is 1.44. The molecule has 1 heterocycles. The minimum absolute atomic E-state index is 0.0426. The standard InChI is InChI=1S/C14H22N2O2/c1-4-14(2,3)10-16-13(18)11-5-7-15-12(9-11)6-8-17/h5,7,9,17H,4,6,8,10H2,1-3H3,(H,16,18). The molecule has 4 nitrogen and oxygen atoms in total. The lowest BCUT2D eigenvalue weighted by Gasteiger charge is -2.22. The monoisotopic (exact) mass is 250 g/mol. The van der Waals surface area contributed by atoms with Crippen LogP contribution in [0.25, 0.3) is 0 Å². The number of nitrogens with zero attached hydrogens (tertiary/aromatic N) is 1. The van der Waals surface area contributed by atoms with Gasteiger partial charge in [0.2, 0.25) is 0 Å². The average molecular weight is 250 g/mol. The number of rotatable bonds is 6. The van der Waals surface area contributed by atoms with Crippen LogP contribution in [0.15, 0.2) is 18.3 Å². The number of hydrogen-bond acceptors (Lipinski definition) is 3. The average Bonchev–Trinajstić information content (AvgIpc) is 2.37. The van der Waals surface area contributed by atoms with E-state index >= 15 is 0 Å². The van der Waals surface area contributed by atoms with Crippen LogP contribution < -0.4 is 5.32 Å². The number of carbonyl (C=O) groups is 1. The minimum atomic E-state index is -0.0851. The van der Waals surface area contributed by atoms with Gasteiger partial charge >= 0.3 is 0 Å². The summed E-state index contributed by atoms with van der Waals surface area (Å²) in [6, 6.07) is 3.42. The summed E-state index contributed by atoms with van der Waals surface area (Å²) in [5, 5.41) is 11.8. The first-order valence-corrected chi connectivity index (χ1v) is 6.32. The van der Waals surface area contributed by atoms with E-state index in [2.05, 4.69) is 31.1 Å². The van der Waals surface area contributed by atoms with Crippen molar-refractivity contribution in [3.63, 3.8) is 0 Å². The molecule has 100 valence electrons. The maximum Gasteiger partial charge on any atom is 0.251 e. The number of nitrogens with one attached hydrogen (secondary N) is 1. The lowest BCUT2D eigenvalue weighted by atomic mass is 9.90. The summed E-state index contributed by atoms with van der Waals surface area (Å²) >= 11 is 0. The fourth-order valence-electron chi connectivity index (χ4n) is 1.42. The van der Waals surface area contributed by atoms with Gasteiger partial charge in [0.05, 0.1) is 0 Å². The Bertz CT molecular complexity index is 403. The van der Waals surface area contributed by atoms with E-state index in [1.165, 1.54) is 0 Å². The van der Waals surface area contributed by atoms with Crippen LogP contribution in [0.3, 0.4) is 0 Å². The summed E-state index contributed by atoms with van der Waals surface area (Å²) in [6.45, 7) is 7.05. The van der Waals surface area contributed by atoms with Crippen molar-refractivity contribution in [3.8, 4) is 0 Å². The molecule has 0 spiro atoms. The number of aliphatic hydroxyl groups excluding tert-OH is 1. The normalized spacial score (nSPS) is 11.3. The van der Waals surface area contributed by atoms with Crippen LogP contribution in [-0.4, -0.2) is 29.1 Å². The van der Waals surface area contributed by atoms with E-state index in [0.717, 1.165) is 12.1 Å². The smallest absolute Gasteiger partial charge is 0.251 e. The molecule has 4 heteroatoms. The second-order valence-electron chi connectivity index (χ2n) is 5.21. The molecule has 0 unspecified atom stereocenters. The van der Waals surface area contributed by atoms with Crippen LogP contribution in [-0.2, 0) is 6.42 Å². The molecule has 1 rings (SSSR count). The molecular weight excluding hydrogens is 228 g/mol. The van der Waals surface area contributed by atoms with Gasteiger partial charge < -0.3 is 10.4 Å². The largest absolute Gasteiger partial charge is 0.396 e. The molecule has 0 bridgehead atoms. The zero-order chi connectivity index (χ0) is 13.6. The molecule has 0 saturated carbocycles. The number of hydrogen-bond donors (Lipinski definition) is 2. The quantitative estimate of drug-likeness (QED) is 0.809. The summed E-state index contributed by atoms with van der Waals surface area (Å²) in [6.07, 6.45) is 3.09. The highest BCUT2D eigenvalue weighted by molar-refractivity contribution is 5.94. The number of aliphatic hydroxyl groups is 1. The maximum absolute atomic E-state index is 12.0. The lowest BCUT2D eigenvalue weighted by molar-refractivity contribution is 0.0935. The third kappa shape index (κ3) is 4.45. The Morgan fingerprint density at radius 1 is 1.50 bits per heavy atom. The summed E-state index contributed by atoms with van der Waals surface area (Å²) in [5.74, 6) is -0.0851. The molecule has 18 heavy (non-hydrogen) atoms. The van der Waals surface area contributed by atoms with Crippen molar-refractivity contribution in [1.29, 1.82) is 0 Å². The van der Waals surface area contributed by atoms with Crippen LogP contribution in [0.5, 0.6) is 0 Å². The van der Waals surface area contributed by atoms with Crippen LogP contribution in [0, 0.1) is 5.41 Å². The second kappa shape index (κ2) is 6.50. The van der Waals surface area contributed by atoms with Gasteiger partial charge in [-0.05, 0) is 24.0 Å².